The lowest BCUT2D eigenvalue weighted by molar-refractivity contribution is 0.0695. The second-order valence-electron chi connectivity index (χ2n) is 7.17. The van der Waals surface area contributed by atoms with Gasteiger partial charge in [0.05, 0.1) is 28.1 Å². The smallest absolute Gasteiger partial charge is 0.335 e. The Labute approximate surface area is 157 Å². The van der Waals surface area contributed by atoms with Crippen molar-refractivity contribution in [3.8, 4) is 0 Å². The number of carbonyl (C=O) groups is 3. The zero-order valence-corrected chi connectivity index (χ0v) is 15.0. The second kappa shape index (κ2) is 6.54. The summed E-state index contributed by atoms with van der Waals surface area (Å²) in [5.74, 6) is -1.29. The molecule has 0 saturated carbocycles. The molecule has 6 nitrogen and oxygen atoms in total. The summed E-state index contributed by atoms with van der Waals surface area (Å²) in [7, 11) is 0. The summed E-state index contributed by atoms with van der Waals surface area (Å²) in [5, 5.41) is 9.39. The number of carboxylic acid groups (broad SMARTS) is 1. The van der Waals surface area contributed by atoms with E-state index in [9.17, 15) is 19.5 Å². The van der Waals surface area contributed by atoms with Crippen LogP contribution in [0.5, 0.6) is 0 Å². The number of aromatic carboxylic acids is 1. The van der Waals surface area contributed by atoms with Crippen LogP contribution in [0.4, 0.5) is 11.4 Å². The van der Waals surface area contributed by atoms with Crippen LogP contribution in [-0.2, 0) is 0 Å². The Morgan fingerprint density at radius 1 is 0.963 bits per heavy atom. The molecule has 27 heavy (non-hydrogen) atoms. The minimum atomic E-state index is -1.09. The van der Waals surface area contributed by atoms with Crippen LogP contribution in [0, 0.1) is 5.92 Å². The molecule has 0 spiro atoms. The van der Waals surface area contributed by atoms with E-state index in [-0.39, 0.29) is 5.56 Å². The molecule has 2 aromatic carbocycles. The fourth-order valence-electron chi connectivity index (χ4n) is 3.76. The van der Waals surface area contributed by atoms with Crippen LogP contribution in [0.2, 0.25) is 0 Å². The molecule has 0 aliphatic carbocycles. The Morgan fingerprint density at radius 2 is 1.56 bits per heavy atom. The highest BCUT2D eigenvalue weighted by molar-refractivity contribution is 6.35. The van der Waals surface area contributed by atoms with Gasteiger partial charge < -0.3 is 10.0 Å². The van der Waals surface area contributed by atoms with E-state index in [4.69, 9.17) is 0 Å². The maximum absolute atomic E-state index is 12.9. The van der Waals surface area contributed by atoms with Gasteiger partial charge in [0, 0.05) is 13.1 Å². The first-order chi connectivity index (χ1) is 13.0. The van der Waals surface area contributed by atoms with Gasteiger partial charge in [-0.25, -0.2) is 9.69 Å². The molecule has 0 aromatic heterocycles. The summed E-state index contributed by atoms with van der Waals surface area (Å²) < 4.78 is 0. The number of fused-ring (bicyclic) bond motifs is 1. The number of benzene rings is 2. The van der Waals surface area contributed by atoms with E-state index < -0.39 is 17.8 Å². The van der Waals surface area contributed by atoms with Crippen molar-refractivity contribution in [2.24, 2.45) is 5.92 Å². The monoisotopic (exact) mass is 364 g/mol. The third kappa shape index (κ3) is 2.87. The number of hydrogen-bond acceptors (Lipinski definition) is 4. The normalized spacial score (nSPS) is 17.4. The predicted molar refractivity (Wildman–Crippen MR) is 102 cm³/mol. The van der Waals surface area contributed by atoms with E-state index in [1.165, 1.54) is 12.1 Å². The molecule has 0 atom stereocenters. The summed E-state index contributed by atoms with van der Waals surface area (Å²) in [5.41, 5.74) is 1.82. The number of anilines is 2. The highest BCUT2D eigenvalue weighted by Crippen LogP contribution is 2.37. The fraction of sp³-hybridized carbons (Fsp3) is 0.286. The Balaban J connectivity index is 1.81. The number of nitrogens with zero attached hydrogens (tertiary/aromatic N) is 2. The Hall–Kier alpha value is -3.15. The zero-order valence-electron chi connectivity index (χ0n) is 15.0. The molecular formula is C21H20N2O4. The molecule has 2 heterocycles. The molecule has 4 rings (SSSR count). The number of carbonyl (C=O) groups excluding carboxylic acids is 2. The lowest BCUT2D eigenvalue weighted by atomic mass is 9.98. The van der Waals surface area contributed by atoms with Gasteiger partial charge in [0.15, 0.2) is 0 Å². The Morgan fingerprint density at radius 3 is 2.11 bits per heavy atom. The van der Waals surface area contributed by atoms with Crippen LogP contribution in [-0.4, -0.2) is 36.0 Å². The van der Waals surface area contributed by atoms with Crippen LogP contribution >= 0.6 is 0 Å². The van der Waals surface area contributed by atoms with Gasteiger partial charge in [-0.3, -0.25) is 9.59 Å². The summed E-state index contributed by atoms with van der Waals surface area (Å²) in [6.45, 7) is 3.82. The molecule has 1 fully saturated rings. The molecule has 0 radical (unpaired) electrons. The molecule has 0 unspecified atom stereocenters. The summed E-state index contributed by atoms with van der Waals surface area (Å²) >= 11 is 0. The maximum Gasteiger partial charge on any atom is 0.335 e. The van der Waals surface area contributed by atoms with Crippen molar-refractivity contribution in [3.05, 3.63) is 59.2 Å². The van der Waals surface area contributed by atoms with Crippen LogP contribution in [0.3, 0.4) is 0 Å². The minimum Gasteiger partial charge on any atom is -0.478 e. The van der Waals surface area contributed by atoms with Crippen LogP contribution < -0.4 is 9.80 Å². The average Bonchev–Trinajstić information content (AvgIpc) is 2.93. The van der Waals surface area contributed by atoms with E-state index >= 15 is 0 Å². The van der Waals surface area contributed by atoms with Gasteiger partial charge in [-0.2, -0.15) is 0 Å². The maximum atomic E-state index is 12.9. The van der Waals surface area contributed by atoms with Gasteiger partial charge in [-0.1, -0.05) is 19.1 Å². The molecule has 2 aliphatic heterocycles. The largest absolute Gasteiger partial charge is 0.478 e. The second-order valence-corrected chi connectivity index (χ2v) is 7.17. The lowest BCUT2D eigenvalue weighted by Gasteiger charge is -2.34. The van der Waals surface area contributed by atoms with Gasteiger partial charge in [-0.15, -0.1) is 0 Å². The Kier molecular flexibility index (Phi) is 4.18. The zero-order chi connectivity index (χ0) is 19.1. The summed E-state index contributed by atoms with van der Waals surface area (Å²) in [6.07, 6.45) is 2.03. The fourth-order valence-corrected chi connectivity index (χ4v) is 3.76. The van der Waals surface area contributed by atoms with Crippen molar-refractivity contribution in [3.63, 3.8) is 0 Å². The highest BCUT2D eigenvalue weighted by atomic mass is 16.4. The van der Waals surface area contributed by atoms with Crippen molar-refractivity contribution >= 4 is 29.2 Å². The van der Waals surface area contributed by atoms with Gasteiger partial charge in [-0.05, 0) is 49.1 Å². The number of rotatable bonds is 3. The van der Waals surface area contributed by atoms with Crippen molar-refractivity contribution in [1.29, 1.82) is 0 Å². The third-order valence-electron chi connectivity index (χ3n) is 5.38. The van der Waals surface area contributed by atoms with Gasteiger partial charge in [0.25, 0.3) is 11.8 Å². The number of imide groups is 1. The summed E-state index contributed by atoms with van der Waals surface area (Å²) in [4.78, 5) is 40.6. The van der Waals surface area contributed by atoms with E-state index in [0.717, 1.165) is 36.5 Å². The average molecular weight is 364 g/mol. The van der Waals surface area contributed by atoms with Crippen molar-refractivity contribution in [2.75, 3.05) is 22.9 Å². The first-order valence-electron chi connectivity index (χ1n) is 9.07. The summed E-state index contributed by atoms with van der Waals surface area (Å²) in [6, 6.07) is 11.3. The van der Waals surface area contributed by atoms with Crippen LogP contribution in [0.15, 0.2) is 42.5 Å². The van der Waals surface area contributed by atoms with Crippen molar-refractivity contribution in [1.82, 2.24) is 0 Å². The van der Waals surface area contributed by atoms with E-state index in [1.54, 1.807) is 30.3 Å². The molecular weight excluding hydrogens is 344 g/mol. The number of carboxylic acids is 1. The van der Waals surface area contributed by atoms with Crippen molar-refractivity contribution in [2.45, 2.75) is 19.8 Å². The molecule has 1 N–H and O–H groups in total. The minimum absolute atomic E-state index is 0.0516. The number of piperidine rings is 1. The van der Waals surface area contributed by atoms with Crippen LogP contribution in [0.1, 0.15) is 50.8 Å². The standard InChI is InChI=1S/C21H20N2O4/c1-13-8-10-22(11-9-13)17-7-6-14(21(26)27)12-18(17)23-19(24)15-4-2-3-5-16(15)20(23)25/h2-7,12-13H,8-11H2,1H3,(H,26,27). The molecule has 2 aromatic rings. The SMILES string of the molecule is CC1CCN(c2ccc(C(=O)O)cc2N2C(=O)c3ccccc3C2=O)CC1. The van der Waals surface area contributed by atoms with E-state index in [1.807, 2.05) is 0 Å². The molecule has 2 amide bonds. The molecule has 0 bridgehead atoms. The third-order valence-corrected chi connectivity index (χ3v) is 5.38. The number of amides is 2. The number of hydrogen-bond donors (Lipinski definition) is 1. The predicted octanol–water partition coefficient (Wildman–Crippen LogP) is 3.42. The van der Waals surface area contributed by atoms with Gasteiger partial charge >= 0.3 is 5.97 Å². The van der Waals surface area contributed by atoms with Gasteiger partial charge in [0.1, 0.15) is 0 Å². The molecule has 2 aliphatic rings. The van der Waals surface area contributed by atoms with E-state index in [2.05, 4.69) is 11.8 Å². The topological polar surface area (TPSA) is 77.9 Å². The first-order valence-corrected chi connectivity index (χ1v) is 9.07. The molecule has 1 saturated heterocycles. The molecule has 138 valence electrons. The van der Waals surface area contributed by atoms with E-state index in [0.29, 0.717) is 22.7 Å². The lowest BCUT2D eigenvalue weighted by Crippen LogP contribution is -2.36. The van der Waals surface area contributed by atoms with Crippen LogP contribution in [0.25, 0.3) is 0 Å². The Bertz CT molecular complexity index is 910. The quantitative estimate of drug-likeness (QED) is 0.845. The first kappa shape index (κ1) is 17.3. The molecule has 6 heteroatoms. The van der Waals surface area contributed by atoms with Gasteiger partial charge in [0.2, 0.25) is 0 Å². The van der Waals surface area contributed by atoms with Crippen molar-refractivity contribution < 1.29 is 19.5 Å². The highest BCUT2D eigenvalue weighted by Gasteiger charge is 2.38.